The van der Waals surface area contributed by atoms with Gasteiger partial charge in [0.2, 0.25) is 5.89 Å². The molecular formula is C27H28F3N3O3. The Kier molecular flexibility index (Phi) is 8.32. The highest BCUT2D eigenvalue weighted by atomic mass is 19.4. The molecule has 0 fully saturated rings. The van der Waals surface area contributed by atoms with Crippen LogP contribution in [0.3, 0.4) is 0 Å². The zero-order chi connectivity index (χ0) is 25.4. The number of nitrogens with zero attached hydrogens (tertiary/aromatic N) is 2. The van der Waals surface area contributed by atoms with Crippen LogP contribution in [0.5, 0.6) is 5.75 Å². The SMILES string of the molecule is OCCC1NC=CN1CCCc1ccc(OCc2coc(/C=C/c3ccc(C(F)(F)F)cc3)n2)cc1. The Hall–Kier alpha value is -3.72. The van der Waals surface area contributed by atoms with Crippen molar-refractivity contribution in [2.75, 3.05) is 13.2 Å². The summed E-state index contributed by atoms with van der Waals surface area (Å²) in [5, 5.41) is 12.4. The van der Waals surface area contributed by atoms with E-state index in [1.165, 1.54) is 24.0 Å². The van der Waals surface area contributed by atoms with Crippen LogP contribution >= 0.6 is 0 Å². The molecule has 1 unspecified atom stereocenters. The van der Waals surface area contributed by atoms with Crippen molar-refractivity contribution < 1.29 is 27.4 Å². The third kappa shape index (κ3) is 7.14. The molecule has 36 heavy (non-hydrogen) atoms. The van der Waals surface area contributed by atoms with Crippen molar-refractivity contribution in [2.45, 2.75) is 38.2 Å². The molecule has 0 radical (unpaired) electrons. The number of oxazole rings is 1. The van der Waals surface area contributed by atoms with Crippen LogP contribution in [0.1, 0.15) is 41.1 Å². The van der Waals surface area contributed by atoms with E-state index >= 15 is 0 Å². The molecule has 190 valence electrons. The van der Waals surface area contributed by atoms with Crippen LogP contribution in [-0.2, 0) is 19.2 Å². The van der Waals surface area contributed by atoms with Gasteiger partial charge in [0.1, 0.15) is 30.5 Å². The van der Waals surface area contributed by atoms with Gasteiger partial charge in [-0.25, -0.2) is 4.98 Å². The summed E-state index contributed by atoms with van der Waals surface area (Å²) in [6, 6.07) is 12.8. The molecule has 4 rings (SSSR count). The molecule has 1 aliphatic rings. The van der Waals surface area contributed by atoms with E-state index in [4.69, 9.17) is 14.3 Å². The third-order valence-electron chi connectivity index (χ3n) is 5.78. The van der Waals surface area contributed by atoms with Crippen LogP contribution in [0.25, 0.3) is 12.2 Å². The van der Waals surface area contributed by atoms with E-state index in [2.05, 4.69) is 15.2 Å². The molecule has 0 saturated heterocycles. The zero-order valence-corrected chi connectivity index (χ0v) is 19.6. The first kappa shape index (κ1) is 25.4. The van der Waals surface area contributed by atoms with Crippen molar-refractivity contribution in [3.63, 3.8) is 0 Å². The standard InChI is InChI=1S/C27H28F3N3O3/c28-27(29,30)22-8-3-21(4-9-22)7-12-26-32-23(19-36-26)18-35-24-10-5-20(6-11-24)2-1-15-33-16-14-31-25(33)13-17-34/h3-12,14,16,19,25,31,34H,1-2,13,15,17-18H2/b12-7+. The smallest absolute Gasteiger partial charge is 0.416 e. The Morgan fingerprint density at radius 1 is 1.08 bits per heavy atom. The second kappa shape index (κ2) is 11.8. The van der Waals surface area contributed by atoms with Gasteiger partial charge in [0.05, 0.1) is 5.56 Å². The summed E-state index contributed by atoms with van der Waals surface area (Å²) in [7, 11) is 0. The lowest BCUT2D eigenvalue weighted by Gasteiger charge is -2.25. The van der Waals surface area contributed by atoms with E-state index in [1.54, 1.807) is 12.2 Å². The summed E-state index contributed by atoms with van der Waals surface area (Å²) in [4.78, 5) is 6.53. The number of aryl methyl sites for hydroxylation is 1. The van der Waals surface area contributed by atoms with Crippen LogP contribution in [-0.4, -0.2) is 34.3 Å². The van der Waals surface area contributed by atoms with Gasteiger partial charge in [0, 0.05) is 38.0 Å². The summed E-state index contributed by atoms with van der Waals surface area (Å²) < 4.78 is 49.2. The summed E-state index contributed by atoms with van der Waals surface area (Å²) >= 11 is 0. The topological polar surface area (TPSA) is 70.8 Å². The highest BCUT2D eigenvalue weighted by Crippen LogP contribution is 2.29. The lowest BCUT2D eigenvalue weighted by Crippen LogP contribution is -2.36. The fourth-order valence-electron chi connectivity index (χ4n) is 3.84. The van der Waals surface area contributed by atoms with Crippen LogP contribution in [0.4, 0.5) is 13.2 Å². The molecular weight excluding hydrogens is 471 g/mol. The van der Waals surface area contributed by atoms with Crippen molar-refractivity contribution in [2.24, 2.45) is 0 Å². The lowest BCUT2D eigenvalue weighted by molar-refractivity contribution is -0.137. The number of alkyl halides is 3. The molecule has 0 amide bonds. The number of ether oxygens (including phenoxy) is 1. The second-order valence-corrected chi connectivity index (χ2v) is 8.41. The number of aromatic nitrogens is 1. The van der Waals surface area contributed by atoms with E-state index in [0.29, 0.717) is 23.6 Å². The maximum Gasteiger partial charge on any atom is 0.416 e. The summed E-state index contributed by atoms with van der Waals surface area (Å²) in [6.45, 7) is 1.30. The normalized spacial score (nSPS) is 15.6. The Bertz CT molecular complexity index is 1160. The predicted octanol–water partition coefficient (Wildman–Crippen LogP) is 5.46. The second-order valence-electron chi connectivity index (χ2n) is 8.41. The average molecular weight is 500 g/mol. The van der Waals surface area contributed by atoms with Gasteiger partial charge in [-0.15, -0.1) is 0 Å². The number of rotatable bonds is 11. The largest absolute Gasteiger partial charge is 0.487 e. The molecule has 2 N–H and O–H groups in total. The van der Waals surface area contributed by atoms with Gasteiger partial charge in [-0.05, 0) is 54.3 Å². The number of hydrogen-bond acceptors (Lipinski definition) is 6. The highest BCUT2D eigenvalue weighted by Gasteiger charge is 2.29. The molecule has 0 bridgehead atoms. The Morgan fingerprint density at radius 2 is 1.86 bits per heavy atom. The van der Waals surface area contributed by atoms with Gasteiger partial charge in [-0.3, -0.25) is 0 Å². The first-order valence-electron chi connectivity index (χ1n) is 11.7. The minimum Gasteiger partial charge on any atom is -0.487 e. The Labute approximate surface area is 207 Å². The summed E-state index contributed by atoms with van der Waals surface area (Å²) in [5.74, 6) is 1.06. The van der Waals surface area contributed by atoms with E-state index in [1.807, 2.05) is 36.7 Å². The highest BCUT2D eigenvalue weighted by molar-refractivity contribution is 5.66. The number of aliphatic hydroxyl groups excluding tert-OH is 1. The summed E-state index contributed by atoms with van der Waals surface area (Å²) in [6.07, 6.45) is 7.12. The van der Waals surface area contributed by atoms with Crippen LogP contribution < -0.4 is 10.1 Å². The average Bonchev–Trinajstić information content (AvgIpc) is 3.52. The van der Waals surface area contributed by atoms with Gasteiger partial charge < -0.3 is 24.5 Å². The van der Waals surface area contributed by atoms with Crippen molar-refractivity contribution in [3.05, 3.63) is 95.5 Å². The first-order valence-corrected chi connectivity index (χ1v) is 11.7. The van der Waals surface area contributed by atoms with Crippen molar-refractivity contribution in [1.82, 2.24) is 15.2 Å². The van der Waals surface area contributed by atoms with Crippen molar-refractivity contribution >= 4 is 12.2 Å². The molecule has 0 aliphatic carbocycles. The molecule has 3 aromatic rings. The maximum absolute atomic E-state index is 12.7. The van der Waals surface area contributed by atoms with Crippen molar-refractivity contribution in [1.29, 1.82) is 0 Å². The molecule has 1 aromatic heterocycles. The number of aliphatic hydroxyl groups is 1. The van der Waals surface area contributed by atoms with E-state index < -0.39 is 11.7 Å². The van der Waals surface area contributed by atoms with Crippen LogP contribution in [0.15, 0.2) is 71.6 Å². The number of nitrogens with one attached hydrogen (secondary N) is 1. The van der Waals surface area contributed by atoms with Crippen LogP contribution in [0, 0.1) is 0 Å². The number of hydrogen-bond donors (Lipinski definition) is 2. The maximum atomic E-state index is 12.7. The number of benzene rings is 2. The van der Waals surface area contributed by atoms with Gasteiger partial charge >= 0.3 is 6.18 Å². The monoisotopic (exact) mass is 499 g/mol. The van der Waals surface area contributed by atoms with E-state index in [9.17, 15) is 13.2 Å². The van der Waals surface area contributed by atoms with Crippen molar-refractivity contribution in [3.8, 4) is 5.75 Å². The predicted molar refractivity (Wildman–Crippen MR) is 130 cm³/mol. The first-order chi connectivity index (χ1) is 17.4. The quantitative estimate of drug-likeness (QED) is 0.365. The van der Waals surface area contributed by atoms with Gasteiger partial charge in [-0.2, -0.15) is 13.2 Å². The molecule has 0 spiro atoms. The molecule has 6 nitrogen and oxygen atoms in total. The fraction of sp³-hybridized carbons (Fsp3) is 0.296. The number of halogens is 3. The van der Waals surface area contributed by atoms with Gasteiger partial charge in [0.25, 0.3) is 0 Å². The molecule has 2 aromatic carbocycles. The molecule has 9 heteroatoms. The molecule has 1 aliphatic heterocycles. The lowest BCUT2D eigenvalue weighted by atomic mass is 10.1. The minimum absolute atomic E-state index is 0.159. The third-order valence-corrected chi connectivity index (χ3v) is 5.78. The Balaban J connectivity index is 1.21. The summed E-state index contributed by atoms with van der Waals surface area (Å²) in [5.41, 5.74) is 1.75. The molecule has 2 heterocycles. The van der Waals surface area contributed by atoms with Gasteiger partial charge in [-0.1, -0.05) is 24.3 Å². The molecule has 1 atom stereocenters. The van der Waals surface area contributed by atoms with Gasteiger partial charge in [0.15, 0.2) is 0 Å². The fourth-order valence-corrected chi connectivity index (χ4v) is 3.84. The Morgan fingerprint density at radius 3 is 2.58 bits per heavy atom. The zero-order valence-electron chi connectivity index (χ0n) is 19.6. The van der Waals surface area contributed by atoms with Crippen LogP contribution in [0.2, 0.25) is 0 Å². The minimum atomic E-state index is -4.35. The van der Waals surface area contributed by atoms with E-state index in [0.717, 1.165) is 37.3 Å². The molecule has 0 saturated carbocycles. The van der Waals surface area contributed by atoms with E-state index in [-0.39, 0.29) is 19.4 Å².